The molecule has 0 saturated heterocycles. The van der Waals surface area contributed by atoms with Gasteiger partial charge >= 0.3 is 0 Å². The number of halogens is 2. The van der Waals surface area contributed by atoms with Crippen LogP contribution in [0.5, 0.6) is 0 Å². The molecule has 1 aromatic rings. The molecule has 1 unspecified atom stereocenters. The van der Waals surface area contributed by atoms with Crippen LogP contribution in [0.3, 0.4) is 0 Å². The average Bonchev–Trinajstić information content (AvgIpc) is 2.46. The summed E-state index contributed by atoms with van der Waals surface area (Å²) in [5.41, 5.74) is 1.60. The Morgan fingerprint density at radius 2 is 2.05 bits per heavy atom. The normalized spacial score (nSPS) is 19.0. The van der Waals surface area contributed by atoms with Gasteiger partial charge in [0.1, 0.15) is 0 Å². The lowest BCUT2D eigenvalue weighted by Crippen LogP contribution is -2.13. The highest BCUT2D eigenvalue weighted by Gasteiger charge is 2.13. The van der Waals surface area contributed by atoms with Gasteiger partial charge in [0, 0.05) is 5.56 Å². The van der Waals surface area contributed by atoms with Crippen molar-refractivity contribution in [3.63, 3.8) is 0 Å². The quantitative estimate of drug-likeness (QED) is 0.740. The number of hydrogen-bond acceptors (Lipinski definition) is 1. The lowest BCUT2D eigenvalue weighted by atomic mass is 10.0. The third kappa shape index (κ3) is 3.47. The van der Waals surface area contributed by atoms with Crippen molar-refractivity contribution in [1.82, 2.24) is 0 Å². The number of hydrogen-bond donors (Lipinski definition) is 0. The smallest absolute Gasteiger partial charge is 0.166 e. The van der Waals surface area contributed by atoms with E-state index < -0.39 is 11.6 Å². The Bertz CT molecular complexity index is 532. The molecule has 1 aromatic carbocycles. The number of allylic oxidation sites excluding steroid dienone is 2. The van der Waals surface area contributed by atoms with E-state index in [0.29, 0.717) is 11.7 Å². The molecule has 2 rings (SSSR count). The van der Waals surface area contributed by atoms with Crippen LogP contribution >= 0.6 is 0 Å². The first-order valence-electron chi connectivity index (χ1n) is 7.09. The molecule has 0 fully saturated rings. The second-order valence-corrected chi connectivity index (χ2v) is 5.21. The second kappa shape index (κ2) is 6.69. The van der Waals surface area contributed by atoms with E-state index >= 15 is 0 Å². The number of ether oxygens (including phenoxy) is 1. The van der Waals surface area contributed by atoms with E-state index in [-0.39, 0.29) is 5.56 Å². The SMILES string of the molecule is CCCC1CCC(/C=C/c2ccc(C)c(F)c2F)=CO1. The van der Waals surface area contributed by atoms with Gasteiger partial charge in [-0.3, -0.25) is 0 Å². The molecule has 0 aliphatic carbocycles. The van der Waals surface area contributed by atoms with Crippen LogP contribution in [-0.4, -0.2) is 6.10 Å². The summed E-state index contributed by atoms with van der Waals surface area (Å²) in [4.78, 5) is 0. The minimum atomic E-state index is -0.789. The predicted molar refractivity (Wildman–Crippen MR) is 77.2 cm³/mol. The zero-order valence-corrected chi connectivity index (χ0v) is 12.0. The highest BCUT2D eigenvalue weighted by molar-refractivity contribution is 5.54. The van der Waals surface area contributed by atoms with Crippen molar-refractivity contribution >= 4 is 6.08 Å². The number of benzene rings is 1. The van der Waals surface area contributed by atoms with E-state index in [2.05, 4.69) is 6.92 Å². The van der Waals surface area contributed by atoms with Crippen LogP contribution in [-0.2, 0) is 4.74 Å². The topological polar surface area (TPSA) is 9.23 Å². The van der Waals surface area contributed by atoms with E-state index in [1.54, 1.807) is 37.5 Å². The molecule has 0 spiro atoms. The van der Waals surface area contributed by atoms with Crippen molar-refractivity contribution in [3.8, 4) is 0 Å². The van der Waals surface area contributed by atoms with Gasteiger partial charge in [0.05, 0.1) is 12.4 Å². The molecule has 0 radical (unpaired) electrons. The standard InChI is InChI=1S/C17H20F2O/c1-3-4-15-10-7-13(11-20-15)6-9-14-8-5-12(2)16(18)17(14)19/h5-6,8-9,11,15H,3-4,7,10H2,1-2H3/b9-6+. The van der Waals surface area contributed by atoms with Gasteiger partial charge < -0.3 is 4.74 Å². The summed E-state index contributed by atoms with van der Waals surface area (Å²) in [5, 5.41) is 0. The third-order valence-electron chi connectivity index (χ3n) is 3.56. The Morgan fingerprint density at radius 1 is 1.25 bits per heavy atom. The lowest BCUT2D eigenvalue weighted by Gasteiger charge is -2.21. The van der Waals surface area contributed by atoms with Crippen LogP contribution in [0.2, 0.25) is 0 Å². The molecular formula is C17H20F2O. The molecule has 0 aromatic heterocycles. The molecule has 1 nitrogen and oxygen atoms in total. The number of aryl methyl sites for hydroxylation is 1. The van der Waals surface area contributed by atoms with Crippen molar-refractivity contribution in [3.05, 3.63) is 52.8 Å². The zero-order chi connectivity index (χ0) is 14.5. The van der Waals surface area contributed by atoms with Gasteiger partial charge in [0.2, 0.25) is 0 Å². The molecule has 1 aliphatic heterocycles. The van der Waals surface area contributed by atoms with Crippen molar-refractivity contribution in [2.75, 3.05) is 0 Å². The van der Waals surface area contributed by atoms with Crippen LogP contribution < -0.4 is 0 Å². The van der Waals surface area contributed by atoms with Crippen molar-refractivity contribution in [1.29, 1.82) is 0 Å². The fourth-order valence-corrected chi connectivity index (χ4v) is 2.28. The minimum absolute atomic E-state index is 0.268. The maximum atomic E-state index is 13.7. The first-order valence-corrected chi connectivity index (χ1v) is 7.09. The zero-order valence-electron chi connectivity index (χ0n) is 12.0. The molecule has 108 valence electrons. The average molecular weight is 278 g/mol. The summed E-state index contributed by atoms with van der Waals surface area (Å²) in [6.45, 7) is 3.69. The molecular weight excluding hydrogens is 258 g/mol. The molecule has 0 N–H and O–H groups in total. The predicted octanol–water partition coefficient (Wildman–Crippen LogP) is 5.15. The Hall–Kier alpha value is -1.64. The van der Waals surface area contributed by atoms with Gasteiger partial charge in [0.25, 0.3) is 0 Å². The summed E-state index contributed by atoms with van der Waals surface area (Å²) in [5.74, 6) is -1.56. The Labute approximate surface area is 119 Å². The van der Waals surface area contributed by atoms with Crippen LogP contribution in [0.4, 0.5) is 8.78 Å². The minimum Gasteiger partial charge on any atom is -0.498 e. The summed E-state index contributed by atoms with van der Waals surface area (Å²) < 4.78 is 32.8. The highest BCUT2D eigenvalue weighted by atomic mass is 19.2. The fourth-order valence-electron chi connectivity index (χ4n) is 2.28. The first kappa shape index (κ1) is 14.8. The van der Waals surface area contributed by atoms with Gasteiger partial charge in [0.15, 0.2) is 11.6 Å². The molecule has 1 aliphatic rings. The van der Waals surface area contributed by atoms with E-state index in [9.17, 15) is 8.78 Å². The van der Waals surface area contributed by atoms with E-state index in [1.807, 2.05) is 0 Å². The van der Waals surface area contributed by atoms with Gasteiger partial charge in [-0.25, -0.2) is 8.78 Å². The van der Waals surface area contributed by atoms with Crippen molar-refractivity contribution < 1.29 is 13.5 Å². The molecule has 1 atom stereocenters. The van der Waals surface area contributed by atoms with Crippen LogP contribution in [0.25, 0.3) is 6.08 Å². The number of rotatable bonds is 4. The monoisotopic (exact) mass is 278 g/mol. The van der Waals surface area contributed by atoms with Crippen LogP contribution in [0.15, 0.2) is 30.0 Å². The first-order chi connectivity index (χ1) is 9.61. The maximum absolute atomic E-state index is 13.7. The molecule has 20 heavy (non-hydrogen) atoms. The lowest BCUT2D eigenvalue weighted by molar-refractivity contribution is 0.112. The Morgan fingerprint density at radius 3 is 2.70 bits per heavy atom. The summed E-state index contributed by atoms with van der Waals surface area (Å²) in [6.07, 6.45) is 9.51. The van der Waals surface area contributed by atoms with E-state index in [0.717, 1.165) is 31.3 Å². The van der Waals surface area contributed by atoms with Crippen LogP contribution in [0, 0.1) is 18.6 Å². The Balaban J connectivity index is 2.06. The molecule has 3 heteroatoms. The Kier molecular flexibility index (Phi) is 4.94. The van der Waals surface area contributed by atoms with Gasteiger partial charge in [-0.15, -0.1) is 0 Å². The van der Waals surface area contributed by atoms with E-state index in [1.165, 1.54) is 0 Å². The summed E-state index contributed by atoms with van der Waals surface area (Å²) >= 11 is 0. The van der Waals surface area contributed by atoms with Crippen LogP contribution in [0.1, 0.15) is 43.7 Å². The summed E-state index contributed by atoms with van der Waals surface area (Å²) in [6, 6.07) is 3.18. The molecule has 0 bridgehead atoms. The van der Waals surface area contributed by atoms with E-state index in [4.69, 9.17) is 4.74 Å². The van der Waals surface area contributed by atoms with Gasteiger partial charge in [-0.05, 0) is 37.3 Å². The summed E-state index contributed by atoms with van der Waals surface area (Å²) in [7, 11) is 0. The van der Waals surface area contributed by atoms with Crippen molar-refractivity contribution in [2.24, 2.45) is 0 Å². The van der Waals surface area contributed by atoms with Gasteiger partial charge in [-0.1, -0.05) is 37.6 Å². The molecule has 1 heterocycles. The molecule has 0 saturated carbocycles. The molecule has 0 amide bonds. The van der Waals surface area contributed by atoms with Crippen molar-refractivity contribution in [2.45, 2.75) is 45.6 Å². The maximum Gasteiger partial charge on any atom is 0.166 e. The largest absolute Gasteiger partial charge is 0.498 e. The second-order valence-electron chi connectivity index (χ2n) is 5.21. The fraction of sp³-hybridized carbons (Fsp3) is 0.412. The van der Waals surface area contributed by atoms with Gasteiger partial charge in [-0.2, -0.15) is 0 Å². The third-order valence-corrected chi connectivity index (χ3v) is 3.56. The highest BCUT2D eigenvalue weighted by Crippen LogP contribution is 2.23.